The molecule has 0 aliphatic carbocycles. The average Bonchev–Trinajstić information content (AvgIpc) is 2.67. The first-order valence-electron chi connectivity index (χ1n) is 10.7. The summed E-state index contributed by atoms with van der Waals surface area (Å²) in [5.74, 6) is -2.15. The largest absolute Gasteiger partial charge is 0.455 e. The van der Waals surface area contributed by atoms with Crippen molar-refractivity contribution in [3.8, 4) is 0 Å². The third-order valence-corrected chi connectivity index (χ3v) is 4.43. The van der Waals surface area contributed by atoms with E-state index in [0.717, 1.165) is 0 Å². The van der Waals surface area contributed by atoms with Crippen molar-refractivity contribution in [2.24, 2.45) is 0 Å². The van der Waals surface area contributed by atoms with Crippen LogP contribution >= 0.6 is 0 Å². The van der Waals surface area contributed by atoms with Crippen molar-refractivity contribution in [1.29, 1.82) is 0 Å². The van der Waals surface area contributed by atoms with E-state index >= 15 is 0 Å². The van der Waals surface area contributed by atoms with Crippen molar-refractivity contribution in [3.05, 3.63) is 0 Å². The smallest absolute Gasteiger partial charge is 0.308 e. The summed E-state index contributed by atoms with van der Waals surface area (Å²) in [6.07, 6.45) is -3.31. The van der Waals surface area contributed by atoms with Crippen molar-refractivity contribution in [2.45, 2.75) is 110 Å². The fourth-order valence-electron chi connectivity index (χ4n) is 2.95. The minimum absolute atomic E-state index is 0.105. The van der Waals surface area contributed by atoms with E-state index < -0.39 is 54.6 Å². The van der Waals surface area contributed by atoms with Crippen molar-refractivity contribution >= 4 is 23.9 Å². The lowest BCUT2D eigenvalue weighted by atomic mass is 9.98. The topological polar surface area (TPSA) is 114 Å². The van der Waals surface area contributed by atoms with Crippen LogP contribution in [0.5, 0.6) is 0 Å². The lowest BCUT2D eigenvalue weighted by molar-refractivity contribution is -0.294. The van der Waals surface area contributed by atoms with Gasteiger partial charge in [-0.2, -0.15) is 0 Å². The molecule has 0 unspecified atom stereocenters. The first-order chi connectivity index (χ1) is 14.3. The highest BCUT2D eigenvalue weighted by molar-refractivity contribution is 5.72. The van der Waals surface area contributed by atoms with E-state index in [4.69, 9.17) is 23.7 Å². The van der Waals surface area contributed by atoms with Crippen LogP contribution < -0.4 is 0 Å². The Morgan fingerprint density at radius 3 is 1.53 bits per heavy atom. The Bertz CT molecular complexity index is 589. The monoisotopic (exact) mass is 430 g/mol. The van der Waals surface area contributed by atoms with Gasteiger partial charge in [0.1, 0.15) is 0 Å². The molecule has 0 aromatic heterocycles. The number of carbonyl (C=O) groups excluding carboxylic acids is 4. The van der Waals surface area contributed by atoms with Crippen LogP contribution in [0.3, 0.4) is 0 Å². The normalized spacial score (nSPS) is 25.8. The van der Waals surface area contributed by atoms with Gasteiger partial charge in [0.05, 0.1) is 6.10 Å². The highest BCUT2D eigenvalue weighted by Crippen LogP contribution is 2.30. The van der Waals surface area contributed by atoms with Gasteiger partial charge < -0.3 is 23.7 Å². The summed E-state index contributed by atoms with van der Waals surface area (Å²) in [7, 11) is 0. The number of hydrogen-bond acceptors (Lipinski definition) is 9. The molecule has 1 rings (SSSR count). The maximum Gasteiger partial charge on any atom is 0.308 e. The Balaban J connectivity index is 3.23. The van der Waals surface area contributed by atoms with Crippen LogP contribution in [0.25, 0.3) is 0 Å². The standard InChI is InChI=1S/C21H34O9/c1-6-10-15(23)28-19-18(27-14(22)9-4)13(5)26-21(30-17(25)12-8-3)20(19)29-16(24)11-7-2/h13,18-21H,6-12H2,1-5H3/t13-,18-,19+,20+,21+/m0/s1. The Hall–Kier alpha value is -2.16. The Labute approximate surface area is 177 Å². The van der Waals surface area contributed by atoms with Crippen LogP contribution in [0.4, 0.5) is 0 Å². The van der Waals surface area contributed by atoms with Gasteiger partial charge >= 0.3 is 23.9 Å². The molecule has 0 spiro atoms. The average molecular weight is 430 g/mol. The van der Waals surface area contributed by atoms with Crippen LogP contribution in [-0.4, -0.2) is 54.6 Å². The molecule has 0 aromatic carbocycles. The molecule has 9 nitrogen and oxygen atoms in total. The van der Waals surface area contributed by atoms with Crippen LogP contribution in [0.2, 0.25) is 0 Å². The van der Waals surface area contributed by atoms with E-state index in [1.54, 1.807) is 13.8 Å². The minimum atomic E-state index is -1.28. The van der Waals surface area contributed by atoms with Gasteiger partial charge in [-0.15, -0.1) is 0 Å². The molecule has 0 amide bonds. The van der Waals surface area contributed by atoms with Crippen LogP contribution in [0.15, 0.2) is 0 Å². The number of carbonyl (C=O) groups is 4. The van der Waals surface area contributed by atoms with Crippen molar-refractivity contribution in [1.82, 2.24) is 0 Å². The third kappa shape index (κ3) is 7.93. The van der Waals surface area contributed by atoms with Crippen molar-refractivity contribution in [2.75, 3.05) is 0 Å². The maximum absolute atomic E-state index is 12.3. The van der Waals surface area contributed by atoms with Gasteiger partial charge in [0.2, 0.25) is 12.4 Å². The summed E-state index contributed by atoms with van der Waals surface area (Å²) in [5, 5.41) is 0. The van der Waals surface area contributed by atoms with Gasteiger partial charge in [-0.05, 0) is 26.2 Å². The molecule has 1 fully saturated rings. The number of rotatable bonds is 11. The molecular weight excluding hydrogens is 396 g/mol. The molecule has 0 radical (unpaired) electrons. The first kappa shape index (κ1) is 25.9. The van der Waals surface area contributed by atoms with E-state index in [1.807, 2.05) is 20.8 Å². The Kier molecular flexibility index (Phi) is 11.4. The second-order valence-electron chi connectivity index (χ2n) is 7.17. The van der Waals surface area contributed by atoms with Crippen LogP contribution in [0, 0.1) is 0 Å². The summed E-state index contributed by atoms with van der Waals surface area (Å²) in [6, 6.07) is 0. The zero-order valence-electron chi connectivity index (χ0n) is 18.5. The summed E-state index contributed by atoms with van der Waals surface area (Å²) in [5.41, 5.74) is 0. The molecule has 1 aliphatic rings. The fraction of sp³-hybridized carbons (Fsp3) is 0.810. The molecule has 1 saturated heterocycles. The van der Waals surface area contributed by atoms with Gasteiger partial charge in [-0.25, -0.2) is 0 Å². The summed E-state index contributed by atoms with van der Waals surface area (Å²) in [4.78, 5) is 48.5. The summed E-state index contributed by atoms with van der Waals surface area (Å²) < 4.78 is 27.6. The fourth-order valence-corrected chi connectivity index (χ4v) is 2.95. The highest BCUT2D eigenvalue weighted by atomic mass is 16.7. The van der Waals surface area contributed by atoms with Gasteiger partial charge in [0.15, 0.2) is 12.2 Å². The molecule has 172 valence electrons. The number of hydrogen-bond donors (Lipinski definition) is 0. The predicted molar refractivity (Wildman–Crippen MR) is 105 cm³/mol. The van der Waals surface area contributed by atoms with Crippen molar-refractivity contribution in [3.63, 3.8) is 0 Å². The third-order valence-electron chi connectivity index (χ3n) is 4.43. The van der Waals surface area contributed by atoms with Gasteiger partial charge in [0, 0.05) is 25.7 Å². The predicted octanol–water partition coefficient (Wildman–Crippen LogP) is 2.82. The second kappa shape index (κ2) is 13.2. The SMILES string of the molecule is CCCC(=O)O[C@H]1O[C@@H](C)[C@H](OC(=O)CC)[C@@H](OC(=O)CCC)[C@H]1OC(=O)CCC. The molecule has 5 atom stereocenters. The van der Waals surface area contributed by atoms with Gasteiger partial charge in [-0.3, -0.25) is 19.2 Å². The molecule has 0 saturated carbocycles. The minimum Gasteiger partial charge on any atom is -0.455 e. The van der Waals surface area contributed by atoms with Gasteiger partial charge in [-0.1, -0.05) is 27.7 Å². The van der Waals surface area contributed by atoms with E-state index in [2.05, 4.69) is 0 Å². The molecule has 9 heteroatoms. The lowest BCUT2D eigenvalue weighted by Gasteiger charge is -2.43. The molecule has 0 N–H and O–H groups in total. The zero-order valence-corrected chi connectivity index (χ0v) is 18.5. The quantitative estimate of drug-likeness (QED) is 0.360. The van der Waals surface area contributed by atoms with Gasteiger partial charge in [0.25, 0.3) is 0 Å². The highest BCUT2D eigenvalue weighted by Gasteiger charge is 2.52. The summed E-state index contributed by atoms with van der Waals surface area (Å²) >= 11 is 0. The Morgan fingerprint density at radius 2 is 1.07 bits per heavy atom. The lowest BCUT2D eigenvalue weighted by Crippen LogP contribution is -2.61. The molecule has 30 heavy (non-hydrogen) atoms. The Morgan fingerprint density at radius 1 is 0.633 bits per heavy atom. The van der Waals surface area contributed by atoms with E-state index in [1.165, 1.54) is 0 Å². The first-order valence-corrected chi connectivity index (χ1v) is 10.7. The van der Waals surface area contributed by atoms with Crippen LogP contribution in [0.1, 0.15) is 79.6 Å². The number of ether oxygens (including phenoxy) is 5. The molecule has 0 bridgehead atoms. The van der Waals surface area contributed by atoms with Crippen molar-refractivity contribution < 1.29 is 42.9 Å². The molecule has 1 heterocycles. The number of esters is 4. The molecule has 1 aliphatic heterocycles. The van der Waals surface area contributed by atoms with E-state index in [0.29, 0.717) is 19.3 Å². The molecular formula is C21H34O9. The zero-order chi connectivity index (χ0) is 22.7. The molecule has 0 aromatic rings. The van der Waals surface area contributed by atoms with E-state index in [9.17, 15) is 19.2 Å². The maximum atomic E-state index is 12.3. The second-order valence-corrected chi connectivity index (χ2v) is 7.17. The van der Waals surface area contributed by atoms with Crippen LogP contribution in [-0.2, 0) is 42.9 Å². The summed E-state index contributed by atoms with van der Waals surface area (Å²) in [6.45, 7) is 8.68. The van der Waals surface area contributed by atoms with E-state index in [-0.39, 0.29) is 25.7 Å².